The molecule has 1 heterocycles. The first-order valence-electron chi connectivity index (χ1n) is 7.31. The average Bonchev–Trinajstić information content (AvgIpc) is 2.89. The Hall–Kier alpha value is -1.14. The highest BCUT2D eigenvalue weighted by molar-refractivity contribution is 6.78. The van der Waals surface area contributed by atoms with Crippen LogP contribution in [0.25, 0.3) is 0 Å². The van der Waals surface area contributed by atoms with Crippen molar-refractivity contribution in [1.29, 1.82) is 0 Å². The minimum Gasteiger partial charge on any atom is -0.383 e. The van der Waals surface area contributed by atoms with Gasteiger partial charge in [0.15, 0.2) is 0 Å². The summed E-state index contributed by atoms with van der Waals surface area (Å²) < 4.78 is 1.61. The predicted octanol–water partition coefficient (Wildman–Crippen LogP) is 4.37. The Morgan fingerprint density at radius 1 is 1.39 bits per heavy atom. The van der Waals surface area contributed by atoms with Crippen molar-refractivity contribution >= 4 is 31.3 Å². The Morgan fingerprint density at radius 2 is 2.09 bits per heavy atom. The normalized spacial score (nSPS) is 15.9. The van der Waals surface area contributed by atoms with Crippen molar-refractivity contribution in [3.63, 3.8) is 0 Å². The summed E-state index contributed by atoms with van der Waals surface area (Å²) in [7, 11) is -1.80. The van der Waals surface area contributed by atoms with Gasteiger partial charge in [0.2, 0.25) is 0 Å². The summed E-state index contributed by atoms with van der Waals surface area (Å²) in [4.78, 5) is 3.96. The number of hydrogen-bond acceptors (Lipinski definition) is 3. The standard InChI is InChI=1S/C16H21Cl2N3OSi/c1-5-15(23(2,3)4)16(22,9-21-11-19-10-20-21)13-7-6-12(17)8-14(13)18/h5-8,10-11,15,22H,1,9H2,2-4H3. The van der Waals surface area contributed by atoms with Gasteiger partial charge in [0, 0.05) is 21.1 Å². The topological polar surface area (TPSA) is 50.9 Å². The first-order valence-corrected chi connectivity index (χ1v) is 11.6. The zero-order chi connectivity index (χ0) is 17.3. The third kappa shape index (κ3) is 3.86. The van der Waals surface area contributed by atoms with Crippen LogP contribution in [0.4, 0.5) is 0 Å². The molecule has 2 rings (SSSR count). The fraction of sp³-hybridized carbons (Fsp3) is 0.375. The molecule has 1 aromatic heterocycles. The van der Waals surface area contributed by atoms with Gasteiger partial charge in [0.25, 0.3) is 0 Å². The number of aromatic nitrogens is 3. The van der Waals surface area contributed by atoms with Crippen molar-refractivity contribution in [1.82, 2.24) is 14.8 Å². The van der Waals surface area contributed by atoms with Crippen LogP contribution < -0.4 is 0 Å². The van der Waals surface area contributed by atoms with E-state index in [0.29, 0.717) is 15.6 Å². The molecule has 0 spiro atoms. The average molecular weight is 370 g/mol. The Labute approximate surface area is 147 Å². The monoisotopic (exact) mass is 369 g/mol. The first-order chi connectivity index (χ1) is 10.7. The van der Waals surface area contributed by atoms with Gasteiger partial charge in [0.05, 0.1) is 14.6 Å². The summed E-state index contributed by atoms with van der Waals surface area (Å²) in [5.41, 5.74) is -0.731. The maximum atomic E-state index is 11.7. The lowest BCUT2D eigenvalue weighted by Gasteiger charge is -2.41. The van der Waals surface area contributed by atoms with Crippen molar-refractivity contribution in [2.45, 2.75) is 37.3 Å². The fourth-order valence-electron chi connectivity index (χ4n) is 3.02. The smallest absolute Gasteiger partial charge is 0.137 e. The van der Waals surface area contributed by atoms with E-state index in [0.717, 1.165) is 0 Å². The van der Waals surface area contributed by atoms with Crippen molar-refractivity contribution in [3.8, 4) is 0 Å². The van der Waals surface area contributed by atoms with E-state index in [1.54, 1.807) is 29.2 Å². The summed E-state index contributed by atoms with van der Waals surface area (Å²) in [6.07, 6.45) is 4.86. The Kier molecular flexibility index (Phi) is 5.36. The predicted molar refractivity (Wildman–Crippen MR) is 97.7 cm³/mol. The third-order valence-electron chi connectivity index (χ3n) is 3.95. The van der Waals surface area contributed by atoms with Crippen molar-refractivity contribution in [2.24, 2.45) is 0 Å². The van der Waals surface area contributed by atoms with Gasteiger partial charge in [-0.2, -0.15) is 5.10 Å². The van der Waals surface area contributed by atoms with E-state index in [1.807, 2.05) is 6.08 Å². The van der Waals surface area contributed by atoms with E-state index in [1.165, 1.54) is 6.33 Å². The maximum Gasteiger partial charge on any atom is 0.137 e. The summed E-state index contributed by atoms with van der Waals surface area (Å²) in [6, 6.07) is 5.16. The molecule has 0 radical (unpaired) electrons. The van der Waals surface area contributed by atoms with Crippen LogP contribution in [-0.4, -0.2) is 27.9 Å². The molecule has 4 nitrogen and oxygen atoms in total. The van der Waals surface area contributed by atoms with Crippen LogP contribution >= 0.6 is 23.2 Å². The minimum atomic E-state index is -1.80. The molecular weight excluding hydrogens is 349 g/mol. The molecule has 0 bridgehead atoms. The van der Waals surface area contributed by atoms with Gasteiger partial charge in [-0.25, -0.2) is 9.67 Å². The summed E-state index contributed by atoms with van der Waals surface area (Å²) in [5.74, 6) is 0. The Morgan fingerprint density at radius 3 is 2.57 bits per heavy atom. The van der Waals surface area contributed by atoms with E-state index in [9.17, 15) is 5.11 Å². The highest BCUT2D eigenvalue weighted by Gasteiger charge is 2.45. The van der Waals surface area contributed by atoms with Gasteiger partial charge in [-0.3, -0.25) is 0 Å². The van der Waals surface area contributed by atoms with Gasteiger partial charge in [-0.1, -0.05) is 55.0 Å². The molecule has 0 aliphatic rings. The largest absolute Gasteiger partial charge is 0.383 e. The van der Waals surface area contributed by atoms with Crippen LogP contribution in [0.1, 0.15) is 5.56 Å². The number of aliphatic hydroxyl groups is 1. The molecule has 0 saturated heterocycles. The van der Waals surface area contributed by atoms with Crippen LogP contribution in [0, 0.1) is 0 Å². The zero-order valence-corrected chi connectivity index (χ0v) is 16.0. The maximum absolute atomic E-state index is 11.7. The molecule has 124 valence electrons. The van der Waals surface area contributed by atoms with Gasteiger partial charge < -0.3 is 5.11 Å². The number of nitrogens with zero attached hydrogens (tertiary/aromatic N) is 3. The molecular formula is C16H21Cl2N3OSi. The fourth-order valence-corrected chi connectivity index (χ4v) is 5.98. The molecule has 1 N–H and O–H groups in total. The van der Waals surface area contributed by atoms with E-state index in [4.69, 9.17) is 23.2 Å². The highest BCUT2D eigenvalue weighted by Crippen LogP contribution is 2.45. The molecule has 7 heteroatoms. The number of hydrogen-bond donors (Lipinski definition) is 1. The molecule has 23 heavy (non-hydrogen) atoms. The van der Waals surface area contributed by atoms with E-state index in [-0.39, 0.29) is 12.1 Å². The molecule has 0 fully saturated rings. The summed E-state index contributed by atoms with van der Waals surface area (Å²) >= 11 is 12.4. The van der Waals surface area contributed by atoms with Crippen LogP contribution in [0.3, 0.4) is 0 Å². The van der Waals surface area contributed by atoms with Crippen LogP contribution in [0.15, 0.2) is 43.5 Å². The second kappa shape index (κ2) is 6.77. The van der Waals surface area contributed by atoms with Gasteiger partial charge >= 0.3 is 0 Å². The van der Waals surface area contributed by atoms with Crippen LogP contribution in [0.2, 0.25) is 35.2 Å². The molecule has 0 aliphatic heterocycles. The number of halogens is 2. The van der Waals surface area contributed by atoms with Crippen molar-refractivity contribution in [2.75, 3.05) is 0 Å². The number of rotatable bonds is 6. The molecule has 2 aromatic rings. The Balaban J connectivity index is 2.60. The van der Waals surface area contributed by atoms with E-state index >= 15 is 0 Å². The summed E-state index contributed by atoms with van der Waals surface area (Å²) in [6.45, 7) is 10.8. The van der Waals surface area contributed by atoms with Crippen molar-refractivity contribution in [3.05, 3.63) is 59.1 Å². The molecule has 0 saturated carbocycles. The summed E-state index contributed by atoms with van der Waals surface area (Å²) in [5, 5.41) is 16.8. The zero-order valence-electron chi connectivity index (χ0n) is 13.5. The van der Waals surface area contributed by atoms with Gasteiger partial charge in [-0.15, -0.1) is 6.58 Å². The first kappa shape index (κ1) is 18.2. The second-order valence-electron chi connectivity index (χ2n) is 6.72. The Bertz CT molecular complexity index is 685. The number of benzene rings is 1. The lowest BCUT2D eigenvalue weighted by atomic mass is 9.89. The molecule has 0 amide bonds. The molecule has 1 aromatic carbocycles. The lowest BCUT2D eigenvalue weighted by Crippen LogP contribution is -2.46. The van der Waals surface area contributed by atoms with Gasteiger partial charge in [0.1, 0.15) is 18.3 Å². The lowest BCUT2D eigenvalue weighted by molar-refractivity contribution is 0.0163. The highest BCUT2D eigenvalue weighted by atomic mass is 35.5. The quantitative estimate of drug-likeness (QED) is 0.607. The third-order valence-corrected chi connectivity index (χ3v) is 7.08. The molecule has 0 aliphatic carbocycles. The minimum absolute atomic E-state index is 0.127. The SMILES string of the molecule is C=CC(C(O)(Cn1cncn1)c1ccc(Cl)cc1Cl)[Si](C)(C)C. The molecule has 2 atom stereocenters. The van der Waals surface area contributed by atoms with E-state index < -0.39 is 13.7 Å². The van der Waals surface area contributed by atoms with E-state index in [2.05, 4.69) is 36.3 Å². The van der Waals surface area contributed by atoms with Crippen LogP contribution in [0.5, 0.6) is 0 Å². The van der Waals surface area contributed by atoms with Crippen LogP contribution in [-0.2, 0) is 12.1 Å². The second-order valence-corrected chi connectivity index (χ2v) is 12.9. The van der Waals surface area contributed by atoms with Crippen molar-refractivity contribution < 1.29 is 5.11 Å². The van der Waals surface area contributed by atoms with Gasteiger partial charge in [-0.05, 0) is 12.1 Å². The molecule has 2 unspecified atom stereocenters.